The summed E-state index contributed by atoms with van der Waals surface area (Å²) in [6, 6.07) is 21.7. The zero-order valence-corrected chi connectivity index (χ0v) is 28.5. The van der Waals surface area contributed by atoms with E-state index in [1.165, 1.54) is 13.2 Å². The fourth-order valence-electron chi connectivity index (χ4n) is 6.35. The summed E-state index contributed by atoms with van der Waals surface area (Å²) in [7, 11) is 1.43. The van der Waals surface area contributed by atoms with E-state index < -0.39 is 23.5 Å². The van der Waals surface area contributed by atoms with E-state index in [-0.39, 0.29) is 30.7 Å². The zero-order chi connectivity index (χ0) is 36.1. The highest BCUT2D eigenvalue weighted by Gasteiger charge is 2.23. The fourth-order valence-corrected chi connectivity index (χ4v) is 6.69. The zero-order valence-electron chi connectivity index (χ0n) is 27.8. The van der Waals surface area contributed by atoms with Crippen molar-refractivity contribution in [2.45, 2.75) is 44.6 Å². The van der Waals surface area contributed by atoms with Crippen LogP contribution in [0.15, 0.2) is 79.0 Å². The van der Waals surface area contributed by atoms with Gasteiger partial charge in [0.25, 0.3) is 5.69 Å². The second-order valence-corrected chi connectivity index (χ2v) is 12.7. The van der Waals surface area contributed by atoms with Gasteiger partial charge in [0.05, 0.1) is 47.5 Å². The summed E-state index contributed by atoms with van der Waals surface area (Å²) in [4.78, 5) is 34.4. The maximum absolute atomic E-state index is 12.2. The van der Waals surface area contributed by atoms with Gasteiger partial charge < -0.3 is 25.6 Å². The van der Waals surface area contributed by atoms with E-state index in [1.807, 2.05) is 48.5 Å². The molecule has 2 heterocycles. The number of nitrogens with zero attached hydrogens (tertiary/aromatic N) is 3. The molecule has 5 N–H and O–H groups in total. The largest absolute Gasteiger partial charge is 0.496 e. The van der Waals surface area contributed by atoms with Crippen molar-refractivity contribution in [2.24, 2.45) is 0 Å². The maximum atomic E-state index is 12.2. The van der Waals surface area contributed by atoms with Crippen LogP contribution in [0.1, 0.15) is 29.5 Å². The van der Waals surface area contributed by atoms with E-state index in [2.05, 4.69) is 33.2 Å². The number of ether oxygens (including phenoxy) is 1. The van der Waals surface area contributed by atoms with Crippen LogP contribution in [0.4, 0.5) is 5.69 Å². The normalized spacial score (nSPS) is 14.8. The molecule has 1 saturated heterocycles. The van der Waals surface area contributed by atoms with Gasteiger partial charge in [0, 0.05) is 60.2 Å². The third kappa shape index (κ3) is 7.86. The van der Waals surface area contributed by atoms with Crippen molar-refractivity contribution in [3.8, 4) is 28.0 Å². The van der Waals surface area contributed by atoms with Crippen molar-refractivity contribution in [3.05, 3.63) is 111 Å². The van der Waals surface area contributed by atoms with E-state index in [9.17, 15) is 29.9 Å². The molecule has 0 radical (unpaired) electrons. The van der Waals surface area contributed by atoms with Gasteiger partial charge in [0.1, 0.15) is 11.8 Å². The number of nitrogens with one attached hydrogen (secondary N) is 3. The Morgan fingerprint density at radius 1 is 1.10 bits per heavy atom. The highest BCUT2D eigenvalue weighted by molar-refractivity contribution is 6.36. The van der Waals surface area contributed by atoms with Gasteiger partial charge in [0.2, 0.25) is 5.91 Å². The lowest BCUT2D eigenvalue weighted by Crippen LogP contribution is -2.39. The molecule has 2 atom stereocenters. The molecule has 1 aromatic heterocycles. The Kier molecular flexibility index (Phi) is 10.9. The summed E-state index contributed by atoms with van der Waals surface area (Å²) in [6.45, 7) is 0.756. The van der Waals surface area contributed by atoms with Crippen molar-refractivity contribution in [2.75, 3.05) is 20.3 Å². The first-order valence-corrected chi connectivity index (χ1v) is 16.8. The third-order valence-electron chi connectivity index (χ3n) is 9.06. The highest BCUT2D eigenvalue weighted by atomic mass is 35.5. The quantitative estimate of drug-likeness (QED) is 0.0741. The number of methoxy groups -OCH3 is 1. The molecule has 13 nitrogen and oxygen atoms in total. The first-order chi connectivity index (χ1) is 24.7. The average molecular weight is 713 g/mol. The van der Waals surface area contributed by atoms with Gasteiger partial charge in [-0.3, -0.25) is 29.7 Å². The molecule has 4 aromatic carbocycles. The van der Waals surface area contributed by atoms with E-state index in [1.54, 1.807) is 16.9 Å². The lowest BCUT2D eigenvalue weighted by atomic mass is 9.96. The van der Waals surface area contributed by atoms with E-state index in [0.29, 0.717) is 34.9 Å². The van der Waals surface area contributed by atoms with Crippen LogP contribution < -0.4 is 20.7 Å². The number of hydrogen-bond acceptors (Lipinski definition) is 9. The van der Waals surface area contributed by atoms with E-state index in [4.69, 9.17) is 16.3 Å². The summed E-state index contributed by atoms with van der Waals surface area (Å²) >= 11 is 7.08. The molecule has 1 amide bonds. The molecular formula is C37H37ClN6O7. The van der Waals surface area contributed by atoms with Crippen molar-refractivity contribution in [1.29, 1.82) is 0 Å². The van der Waals surface area contributed by atoms with Gasteiger partial charge in [-0.25, -0.2) is 0 Å². The van der Waals surface area contributed by atoms with E-state index in [0.717, 1.165) is 51.7 Å². The third-order valence-corrected chi connectivity index (χ3v) is 9.47. The molecule has 0 aliphatic carbocycles. The summed E-state index contributed by atoms with van der Waals surface area (Å²) in [6.07, 6.45) is 3.15. The minimum absolute atomic E-state index is 0.0615. The molecule has 14 heteroatoms. The minimum Gasteiger partial charge on any atom is -0.496 e. The number of rotatable bonds is 15. The summed E-state index contributed by atoms with van der Waals surface area (Å²) in [5.41, 5.74) is 5.91. The van der Waals surface area contributed by atoms with Crippen molar-refractivity contribution in [1.82, 2.24) is 25.7 Å². The number of fused-ring (bicyclic) bond motifs is 1. The molecule has 51 heavy (non-hydrogen) atoms. The van der Waals surface area contributed by atoms with Crippen LogP contribution >= 0.6 is 11.6 Å². The Labute approximate surface area is 298 Å². The number of halogens is 1. The number of carboxylic acids is 1. The lowest BCUT2D eigenvalue weighted by Gasteiger charge is -2.15. The number of carbonyl (C=O) groups is 2. The minimum atomic E-state index is -1.24. The Hall–Kier alpha value is -5.34. The monoisotopic (exact) mass is 712 g/mol. The molecule has 0 bridgehead atoms. The van der Waals surface area contributed by atoms with Crippen LogP contribution in [0.5, 0.6) is 5.75 Å². The van der Waals surface area contributed by atoms with Gasteiger partial charge in [-0.2, -0.15) is 5.10 Å². The number of benzene rings is 4. The Balaban J connectivity index is 1.24. The number of hydrogen-bond donors (Lipinski definition) is 5. The number of amides is 1. The number of aliphatic hydroxyl groups excluding tert-OH is 1. The van der Waals surface area contributed by atoms with Crippen LogP contribution in [-0.2, 0) is 29.2 Å². The molecule has 0 saturated carbocycles. The van der Waals surface area contributed by atoms with Gasteiger partial charge in [-0.05, 0) is 35.2 Å². The van der Waals surface area contributed by atoms with Crippen LogP contribution in [0.2, 0.25) is 5.02 Å². The van der Waals surface area contributed by atoms with Crippen LogP contribution in [-0.4, -0.2) is 69.1 Å². The Morgan fingerprint density at radius 3 is 2.53 bits per heavy atom. The summed E-state index contributed by atoms with van der Waals surface area (Å²) in [5, 5.41) is 45.8. The lowest BCUT2D eigenvalue weighted by molar-refractivity contribution is -0.385. The molecule has 5 aromatic rings. The first-order valence-electron chi connectivity index (χ1n) is 16.4. The molecule has 6 rings (SSSR count). The van der Waals surface area contributed by atoms with E-state index >= 15 is 0 Å². The number of aliphatic hydroxyl groups is 1. The molecule has 1 fully saturated rings. The molecule has 264 valence electrons. The molecular weight excluding hydrogens is 676 g/mol. The second-order valence-electron chi connectivity index (χ2n) is 12.3. The number of aliphatic carboxylic acids is 1. The van der Waals surface area contributed by atoms with Crippen LogP contribution in [0.25, 0.3) is 33.2 Å². The van der Waals surface area contributed by atoms with Crippen LogP contribution in [0, 0.1) is 10.1 Å². The Bertz CT molecular complexity index is 2080. The van der Waals surface area contributed by atoms with Gasteiger partial charge in [0.15, 0.2) is 0 Å². The number of nitro groups is 1. The predicted molar refractivity (Wildman–Crippen MR) is 193 cm³/mol. The van der Waals surface area contributed by atoms with Crippen LogP contribution in [0.3, 0.4) is 0 Å². The molecule has 1 aliphatic heterocycles. The topological polar surface area (TPSA) is 181 Å². The molecule has 0 spiro atoms. The van der Waals surface area contributed by atoms with Gasteiger partial charge >= 0.3 is 5.97 Å². The van der Waals surface area contributed by atoms with Gasteiger partial charge in [-0.1, -0.05) is 66.2 Å². The van der Waals surface area contributed by atoms with Gasteiger partial charge in [-0.15, -0.1) is 0 Å². The fraction of sp³-hybridized carbons (Fsp3) is 0.270. The number of aromatic nitrogens is 2. The van der Waals surface area contributed by atoms with Crippen molar-refractivity contribution < 1.29 is 29.5 Å². The summed E-state index contributed by atoms with van der Waals surface area (Å²) in [5.74, 6) is -0.809. The highest BCUT2D eigenvalue weighted by Crippen LogP contribution is 2.39. The molecule has 1 aliphatic rings. The number of carboxylic acid groups (broad SMARTS) is 1. The summed E-state index contributed by atoms with van der Waals surface area (Å²) < 4.78 is 7.18. The standard InChI is InChI=1S/C37H37ClN6O7/c1-51-34-15-25(33(44(49)50)14-24(34)17-40-31(21-45)37(47)48)20-43-32-7-3-5-28(30(32)19-41-43)29-6-2-4-27(36(29)38)23-10-8-22(9-11-23)16-39-18-26-12-13-35(46)42-26/h2-11,14-15,19,26,31,39-40,45H,12-13,16-18,20-21H2,1H3,(H,42,46)(H,47,48)/t26-,31-/m0/s1. The second kappa shape index (κ2) is 15.7. The number of nitro benzene ring substituents is 1. The Morgan fingerprint density at radius 2 is 1.84 bits per heavy atom. The SMILES string of the molecule is COc1cc(Cn2ncc3c(-c4cccc(-c5ccc(CNC[C@@H]6CCC(=O)N6)cc5)c4Cl)cccc32)c([N+](=O)[O-])cc1CN[C@@H](CO)C(=O)O. The average Bonchev–Trinajstić information content (AvgIpc) is 3.74. The number of carbonyl (C=O) groups excluding carboxylic acids is 1. The first kappa shape index (κ1) is 35.5. The van der Waals surface area contributed by atoms with Crippen molar-refractivity contribution in [3.63, 3.8) is 0 Å². The van der Waals surface area contributed by atoms with Crippen molar-refractivity contribution >= 4 is 40.1 Å². The molecule has 0 unspecified atom stereocenters. The smallest absolute Gasteiger partial charge is 0.323 e. The maximum Gasteiger partial charge on any atom is 0.323 e. The predicted octanol–water partition coefficient (Wildman–Crippen LogP) is 4.89.